The molecule has 1 amide bonds. The van der Waals surface area contributed by atoms with Gasteiger partial charge in [-0.1, -0.05) is 29.3 Å². The van der Waals surface area contributed by atoms with Crippen LogP contribution in [0, 0.1) is 6.92 Å². The number of esters is 1. The van der Waals surface area contributed by atoms with Crippen LogP contribution < -0.4 is 5.32 Å². The van der Waals surface area contributed by atoms with Crippen LogP contribution >= 0.6 is 23.2 Å². The molecule has 0 saturated carbocycles. The van der Waals surface area contributed by atoms with E-state index in [-0.39, 0.29) is 11.7 Å². The minimum atomic E-state index is -0.996. The molecule has 0 fully saturated rings. The molecule has 0 radical (unpaired) electrons. The molecule has 0 aliphatic carbocycles. The summed E-state index contributed by atoms with van der Waals surface area (Å²) in [6.07, 6.45) is 1.76. The van der Waals surface area contributed by atoms with Gasteiger partial charge in [-0.2, -0.15) is 0 Å². The van der Waals surface area contributed by atoms with Crippen molar-refractivity contribution < 1.29 is 14.3 Å². The van der Waals surface area contributed by atoms with Crippen LogP contribution in [-0.4, -0.2) is 27.9 Å². The summed E-state index contributed by atoms with van der Waals surface area (Å²) >= 11 is 12.0. The van der Waals surface area contributed by atoms with E-state index in [1.807, 2.05) is 0 Å². The largest absolute Gasteiger partial charge is 0.448 e. The van der Waals surface area contributed by atoms with E-state index in [9.17, 15) is 9.59 Å². The van der Waals surface area contributed by atoms with Gasteiger partial charge in [0.15, 0.2) is 11.8 Å². The molecule has 2 atom stereocenters. The second-order valence-electron chi connectivity index (χ2n) is 5.49. The number of nitrogens with one attached hydrogen (secondary N) is 1. The van der Waals surface area contributed by atoms with E-state index in [1.54, 1.807) is 32.0 Å². The Labute approximate surface area is 155 Å². The topological polar surface area (TPSA) is 81.2 Å². The fourth-order valence-corrected chi connectivity index (χ4v) is 2.61. The Morgan fingerprint density at radius 2 is 1.88 bits per heavy atom. The monoisotopic (exact) mass is 381 g/mol. The number of nitrogens with zero attached hydrogens (tertiary/aromatic N) is 2. The molecule has 8 heteroatoms. The second kappa shape index (κ2) is 8.27. The zero-order chi connectivity index (χ0) is 18.6. The van der Waals surface area contributed by atoms with Crippen LogP contribution in [0.25, 0.3) is 0 Å². The van der Waals surface area contributed by atoms with E-state index in [2.05, 4.69) is 15.3 Å². The summed E-state index contributed by atoms with van der Waals surface area (Å²) in [5.74, 6) is -1.17. The highest BCUT2D eigenvalue weighted by Crippen LogP contribution is 2.26. The van der Waals surface area contributed by atoms with Gasteiger partial charge in [0.05, 0.1) is 17.9 Å². The Balaban J connectivity index is 1.97. The van der Waals surface area contributed by atoms with Gasteiger partial charge < -0.3 is 10.1 Å². The molecule has 0 aliphatic heterocycles. The van der Waals surface area contributed by atoms with Crippen LogP contribution in [0.4, 0.5) is 0 Å². The maximum Gasteiger partial charge on any atom is 0.359 e. The fraction of sp³-hybridized carbons (Fsp3) is 0.294. The molecular formula is C17H17Cl2N3O3. The summed E-state index contributed by atoms with van der Waals surface area (Å²) in [5.41, 5.74) is 1.43. The summed E-state index contributed by atoms with van der Waals surface area (Å²) < 4.78 is 5.12. The SMILES string of the molecule is Cc1cnc(C(=O)O[C@H](C)C(=O)N[C@@H](C)c2ccc(Cl)cc2Cl)cn1. The average Bonchev–Trinajstić information content (AvgIpc) is 2.55. The lowest BCUT2D eigenvalue weighted by Crippen LogP contribution is -2.37. The fourth-order valence-electron chi connectivity index (χ4n) is 2.03. The molecule has 2 rings (SSSR count). The van der Waals surface area contributed by atoms with Gasteiger partial charge in [0.25, 0.3) is 5.91 Å². The van der Waals surface area contributed by atoms with Crippen molar-refractivity contribution in [3.8, 4) is 0 Å². The van der Waals surface area contributed by atoms with E-state index < -0.39 is 18.0 Å². The van der Waals surface area contributed by atoms with Gasteiger partial charge in [0, 0.05) is 16.2 Å². The molecular weight excluding hydrogens is 365 g/mol. The molecule has 1 N–H and O–H groups in total. The number of hydrogen-bond donors (Lipinski definition) is 1. The lowest BCUT2D eigenvalue weighted by Gasteiger charge is -2.19. The molecule has 1 aromatic carbocycles. The number of carbonyl (C=O) groups excluding carboxylic acids is 2. The van der Waals surface area contributed by atoms with Crippen LogP contribution in [0.15, 0.2) is 30.6 Å². The number of rotatable bonds is 5. The first-order chi connectivity index (χ1) is 11.8. The van der Waals surface area contributed by atoms with Crippen LogP contribution in [0.2, 0.25) is 10.0 Å². The predicted molar refractivity (Wildman–Crippen MR) is 94.7 cm³/mol. The van der Waals surface area contributed by atoms with Crippen molar-refractivity contribution in [3.63, 3.8) is 0 Å². The maximum atomic E-state index is 12.2. The summed E-state index contributed by atoms with van der Waals surface area (Å²) in [5, 5.41) is 3.69. The number of benzene rings is 1. The molecule has 0 spiro atoms. The van der Waals surface area contributed by atoms with Crippen LogP contribution in [-0.2, 0) is 9.53 Å². The summed E-state index contributed by atoms with van der Waals surface area (Å²) in [6.45, 7) is 5.00. The highest BCUT2D eigenvalue weighted by Gasteiger charge is 2.22. The summed E-state index contributed by atoms with van der Waals surface area (Å²) in [6, 6.07) is 4.64. The normalized spacial score (nSPS) is 13.0. The zero-order valence-electron chi connectivity index (χ0n) is 13.9. The Kier molecular flexibility index (Phi) is 6.33. The van der Waals surface area contributed by atoms with Crippen molar-refractivity contribution in [3.05, 3.63) is 57.6 Å². The van der Waals surface area contributed by atoms with Gasteiger partial charge in [-0.25, -0.2) is 9.78 Å². The molecule has 6 nitrogen and oxygen atoms in total. The Hall–Kier alpha value is -2.18. The van der Waals surface area contributed by atoms with E-state index in [0.717, 1.165) is 0 Å². The molecule has 0 bridgehead atoms. The first kappa shape index (κ1) is 19.1. The van der Waals surface area contributed by atoms with Gasteiger partial charge in [0.2, 0.25) is 0 Å². The number of ether oxygens (including phenoxy) is 1. The number of hydrogen-bond acceptors (Lipinski definition) is 5. The second-order valence-corrected chi connectivity index (χ2v) is 6.33. The van der Waals surface area contributed by atoms with Crippen molar-refractivity contribution in [1.29, 1.82) is 0 Å². The highest BCUT2D eigenvalue weighted by molar-refractivity contribution is 6.35. The third-order valence-corrected chi connectivity index (χ3v) is 3.99. The quantitative estimate of drug-likeness (QED) is 0.801. The third-order valence-electron chi connectivity index (χ3n) is 3.43. The first-order valence-corrected chi connectivity index (χ1v) is 8.28. The molecule has 25 heavy (non-hydrogen) atoms. The molecule has 0 unspecified atom stereocenters. The summed E-state index contributed by atoms with van der Waals surface area (Å²) in [7, 11) is 0. The first-order valence-electron chi connectivity index (χ1n) is 7.53. The van der Waals surface area contributed by atoms with Crippen LogP contribution in [0.3, 0.4) is 0 Å². The lowest BCUT2D eigenvalue weighted by atomic mass is 10.1. The molecule has 1 heterocycles. The van der Waals surface area contributed by atoms with Gasteiger partial charge in [-0.05, 0) is 38.5 Å². The van der Waals surface area contributed by atoms with Crippen molar-refractivity contribution in [1.82, 2.24) is 15.3 Å². The van der Waals surface area contributed by atoms with E-state index >= 15 is 0 Å². The standard InChI is InChI=1S/C17H17Cl2N3O3/c1-9-7-21-15(8-20-9)17(24)25-11(3)16(23)22-10(2)13-5-4-12(18)6-14(13)19/h4-8,10-11H,1-3H3,(H,22,23)/t10-,11+/m0/s1. The molecule has 2 aromatic rings. The smallest absolute Gasteiger partial charge is 0.359 e. The van der Waals surface area contributed by atoms with Crippen molar-refractivity contribution in [2.45, 2.75) is 32.9 Å². The number of aromatic nitrogens is 2. The van der Waals surface area contributed by atoms with Gasteiger partial charge >= 0.3 is 5.97 Å². The van der Waals surface area contributed by atoms with E-state index in [4.69, 9.17) is 27.9 Å². The van der Waals surface area contributed by atoms with E-state index in [1.165, 1.54) is 19.3 Å². The third kappa shape index (κ3) is 5.14. The summed E-state index contributed by atoms with van der Waals surface area (Å²) in [4.78, 5) is 32.1. The molecule has 132 valence electrons. The number of amides is 1. The van der Waals surface area contributed by atoms with Crippen molar-refractivity contribution in [2.75, 3.05) is 0 Å². The molecule has 1 aromatic heterocycles. The number of aryl methyl sites for hydroxylation is 1. The Morgan fingerprint density at radius 3 is 2.48 bits per heavy atom. The predicted octanol–water partition coefficient (Wildman–Crippen LogP) is 3.51. The number of halogens is 2. The van der Waals surface area contributed by atoms with Crippen LogP contribution in [0.5, 0.6) is 0 Å². The van der Waals surface area contributed by atoms with Gasteiger partial charge in [-0.3, -0.25) is 9.78 Å². The van der Waals surface area contributed by atoms with Crippen molar-refractivity contribution >= 4 is 35.1 Å². The maximum absolute atomic E-state index is 12.2. The van der Waals surface area contributed by atoms with Crippen molar-refractivity contribution in [2.24, 2.45) is 0 Å². The number of carbonyl (C=O) groups is 2. The lowest BCUT2D eigenvalue weighted by molar-refractivity contribution is -0.129. The Bertz CT molecular complexity index is 781. The molecule has 0 aliphatic rings. The van der Waals surface area contributed by atoms with Gasteiger partial charge in [0.1, 0.15) is 0 Å². The van der Waals surface area contributed by atoms with Crippen LogP contribution in [0.1, 0.15) is 41.6 Å². The minimum absolute atomic E-state index is 0.0408. The zero-order valence-corrected chi connectivity index (χ0v) is 15.4. The van der Waals surface area contributed by atoms with E-state index in [0.29, 0.717) is 21.3 Å². The molecule has 0 saturated heterocycles. The highest BCUT2D eigenvalue weighted by atomic mass is 35.5. The average molecular weight is 382 g/mol. The minimum Gasteiger partial charge on any atom is -0.448 e. The Morgan fingerprint density at radius 1 is 1.16 bits per heavy atom. The van der Waals surface area contributed by atoms with Gasteiger partial charge in [-0.15, -0.1) is 0 Å².